The minimum absolute atomic E-state index is 0.0658. The van der Waals surface area contributed by atoms with Gasteiger partial charge in [-0.05, 0) is 31.2 Å². The second kappa shape index (κ2) is 7.87. The van der Waals surface area contributed by atoms with Crippen LogP contribution in [-0.4, -0.2) is 35.8 Å². The van der Waals surface area contributed by atoms with Gasteiger partial charge in [-0.1, -0.05) is 32.4 Å². The van der Waals surface area contributed by atoms with E-state index in [2.05, 4.69) is 36.8 Å². The van der Waals surface area contributed by atoms with E-state index in [1.165, 1.54) is 10.6 Å². The smallest absolute Gasteiger partial charge is 0.279 e. The third-order valence-electron chi connectivity index (χ3n) is 6.17. The number of benzene rings is 1. The quantitative estimate of drug-likeness (QED) is 0.430. The molecule has 0 unspecified atom stereocenters. The Morgan fingerprint density at radius 3 is 2.53 bits per heavy atom. The average molecular weight is 482 g/mol. The molecule has 3 aromatic heterocycles. The lowest BCUT2D eigenvalue weighted by Gasteiger charge is -2.28. The van der Waals surface area contributed by atoms with Crippen molar-refractivity contribution < 1.29 is 4.39 Å². The predicted octanol–water partition coefficient (Wildman–Crippen LogP) is 4.01. The molecule has 176 valence electrons. The van der Waals surface area contributed by atoms with Gasteiger partial charge in [0.2, 0.25) is 5.95 Å². The zero-order valence-electron chi connectivity index (χ0n) is 19.7. The molecule has 1 aliphatic heterocycles. The first-order valence-electron chi connectivity index (χ1n) is 11.1. The molecule has 1 aliphatic rings. The third kappa shape index (κ3) is 3.73. The lowest BCUT2D eigenvalue weighted by Crippen LogP contribution is -2.35. The van der Waals surface area contributed by atoms with Crippen molar-refractivity contribution in [2.45, 2.75) is 46.2 Å². The topological polar surface area (TPSA) is 81.7 Å². The highest BCUT2D eigenvalue weighted by atomic mass is 35.5. The molecule has 1 aromatic carbocycles. The summed E-state index contributed by atoms with van der Waals surface area (Å²) in [4.78, 5) is 28.9. The molecule has 5 rings (SSSR count). The Hall–Kier alpha value is -3.33. The molecule has 0 saturated heterocycles. The second-order valence-corrected chi connectivity index (χ2v) is 10.1. The number of nitrogens with zero attached hydrogens (tertiary/aromatic N) is 7. The number of hydrogen-bond donors (Lipinski definition) is 0. The van der Waals surface area contributed by atoms with Crippen LogP contribution in [0.5, 0.6) is 0 Å². The van der Waals surface area contributed by atoms with E-state index >= 15 is 0 Å². The number of anilines is 1. The molecular formula is C24H25ClFN7O. The fraction of sp³-hybridized carbons (Fsp3) is 0.375. The van der Waals surface area contributed by atoms with E-state index in [1.54, 1.807) is 26.1 Å². The Balaban J connectivity index is 1.68. The summed E-state index contributed by atoms with van der Waals surface area (Å²) in [6.45, 7) is 9.88. The lowest BCUT2D eigenvalue weighted by molar-refractivity contribution is 0.492. The van der Waals surface area contributed by atoms with Crippen LogP contribution in [0.2, 0.25) is 5.02 Å². The predicted molar refractivity (Wildman–Crippen MR) is 130 cm³/mol. The lowest BCUT2D eigenvalue weighted by atomic mass is 9.92. The van der Waals surface area contributed by atoms with Crippen LogP contribution in [0.25, 0.3) is 22.3 Å². The van der Waals surface area contributed by atoms with E-state index in [0.29, 0.717) is 31.4 Å². The van der Waals surface area contributed by atoms with Crippen molar-refractivity contribution in [2.24, 2.45) is 7.05 Å². The highest BCUT2D eigenvalue weighted by molar-refractivity contribution is 6.30. The second-order valence-electron chi connectivity index (χ2n) is 9.63. The van der Waals surface area contributed by atoms with Crippen LogP contribution in [0, 0.1) is 12.7 Å². The van der Waals surface area contributed by atoms with Gasteiger partial charge in [0.1, 0.15) is 22.9 Å². The van der Waals surface area contributed by atoms with Crippen LogP contribution in [0.15, 0.2) is 29.1 Å². The van der Waals surface area contributed by atoms with Gasteiger partial charge in [-0.2, -0.15) is 5.10 Å². The van der Waals surface area contributed by atoms with E-state index < -0.39 is 5.82 Å². The van der Waals surface area contributed by atoms with Crippen LogP contribution in [0.3, 0.4) is 0 Å². The van der Waals surface area contributed by atoms with Crippen LogP contribution in [0.1, 0.15) is 38.0 Å². The summed E-state index contributed by atoms with van der Waals surface area (Å²) in [6.07, 6.45) is 0. The molecule has 0 atom stereocenters. The van der Waals surface area contributed by atoms with E-state index in [9.17, 15) is 9.18 Å². The third-order valence-corrected chi connectivity index (χ3v) is 6.41. The van der Waals surface area contributed by atoms with E-state index in [0.717, 1.165) is 11.4 Å². The SMILES string of the molecule is Cc1nc2c(-c3ccc(Cl)cc3F)nc(N3CCn4nc(C(C)(C)C)cc4C3)nc2c(=O)n1C. The van der Waals surface area contributed by atoms with Crippen molar-refractivity contribution in [1.82, 2.24) is 29.3 Å². The first-order valence-corrected chi connectivity index (χ1v) is 11.4. The molecular weight excluding hydrogens is 457 g/mol. The fourth-order valence-corrected chi connectivity index (χ4v) is 4.21. The van der Waals surface area contributed by atoms with Gasteiger partial charge in [-0.25, -0.2) is 19.3 Å². The molecule has 0 radical (unpaired) electrons. The Morgan fingerprint density at radius 1 is 1.06 bits per heavy atom. The molecule has 0 aliphatic carbocycles. The van der Waals surface area contributed by atoms with Crippen molar-refractivity contribution in [3.8, 4) is 11.3 Å². The maximum atomic E-state index is 14.9. The molecule has 4 aromatic rings. The monoisotopic (exact) mass is 481 g/mol. The van der Waals surface area contributed by atoms with E-state index in [4.69, 9.17) is 21.7 Å². The maximum absolute atomic E-state index is 14.9. The first kappa shape index (κ1) is 22.5. The van der Waals surface area contributed by atoms with Crippen molar-refractivity contribution >= 4 is 28.6 Å². The van der Waals surface area contributed by atoms with Gasteiger partial charge in [0.25, 0.3) is 5.56 Å². The molecule has 0 fully saturated rings. The summed E-state index contributed by atoms with van der Waals surface area (Å²) in [5, 5.41) is 5.02. The zero-order valence-corrected chi connectivity index (χ0v) is 20.5. The van der Waals surface area contributed by atoms with Crippen molar-refractivity contribution in [3.05, 3.63) is 62.7 Å². The fourth-order valence-electron chi connectivity index (χ4n) is 4.06. The van der Waals surface area contributed by atoms with Crippen LogP contribution in [-0.2, 0) is 25.6 Å². The van der Waals surface area contributed by atoms with Crippen molar-refractivity contribution in [2.75, 3.05) is 11.4 Å². The highest BCUT2D eigenvalue weighted by Gasteiger charge is 2.27. The summed E-state index contributed by atoms with van der Waals surface area (Å²) in [5.41, 5.74) is 2.58. The molecule has 0 amide bonds. The number of aryl methyl sites for hydroxylation is 1. The minimum atomic E-state index is -0.537. The Morgan fingerprint density at radius 2 is 1.82 bits per heavy atom. The van der Waals surface area contributed by atoms with Gasteiger partial charge in [0, 0.05) is 29.6 Å². The van der Waals surface area contributed by atoms with Crippen molar-refractivity contribution in [1.29, 1.82) is 0 Å². The van der Waals surface area contributed by atoms with Crippen LogP contribution >= 0.6 is 11.6 Å². The summed E-state index contributed by atoms with van der Waals surface area (Å²) in [5.74, 6) is 0.301. The van der Waals surface area contributed by atoms with Crippen LogP contribution in [0.4, 0.5) is 10.3 Å². The standard InChI is InChI=1S/C24H25ClFN7O/c1-13-27-20-19(16-7-6-14(25)10-17(16)26)28-23(29-21(20)22(34)31(13)5)32-8-9-33-15(12-32)11-18(30-33)24(2,3)4/h6-7,10-11H,8-9,12H2,1-5H3. The van der Waals surface area contributed by atoms with E-state index in [-0.39, 0.29) is 38.3 Å². The zero-order chi connectivity index (χ0) is 24.4. The molecule has 34 heavy (non-hydrogen) atoms. The summed E-state index contributed by atoms with van der Waals surface area (Å²) >= 11 is 5.97. The largest absolute Gasteiger partial charge is 0.333 e. The van der Waals surface area contributed by atoms with Gasteiger partial charge in [-0.15, -0.1) is 0 Å². The number of hydrogen-bond acceptors (Lipinski definition) is 6. The summed E-state index contributed by atoms with van der Waals surface area (Å²) in [7, 11) is 1.64. The summed E-state index contributed by atoms with van der Waals surface area (Å²) in [6, 6.07) is 6.47. The molecule has 0 bridgehead atoms. The number of rotatable bonds is 2. The molecule has 0 spiro atoms. The van der Waals surface area contributed by atoms with Crippen LogP contribution < -0.4 is 10.5 Å². The molecule has 8 nitrogen and oxygen atoms in total. The minimum Gasteiger partial charge on any atom is -0.333 e. The Kier molecular flexibility index (Phi) is 5.20. The number of aromatic nitrogens is 6. The van der Waals surface area contributed by atoms with Gasteiger partial charge < -0.3 is 4.90 Å². The average Bonchev–Trinajstić information content (AvgIpc) is 3.21. The Labute approximate surface area is 201 Å². The highest BCUT2D eigenvalue weighted by Crippen LogP contribution is 2.31. The van der Waals surface area contributed by atoms with Gasteiger partial charge >= 0.3 is 0 Å². The first-order chi connectivity index (χ1) is 16.0. The number of fused-ring (bicyclic) bond motifs is 2. The van der Waals surface area contributed by atoms with Gasteiger partial charge in [0.15, 0.2) is 5.52 Å². The molecule has 0 N–H and O–H groups in total. The Bertz CT molecular complexity index is 1500. The van der Waals surface area contributed by atoms with Gasteiger partial charge in [-0.3, -0.25) is 14.0 Å². The van der Waals surface area contributed by atoms with E-state index in [1.807, 2.05) is 9.58 Å². The maximum Gasteiger partial charge on any atom is 0.279 e. The van der Waals surface area contributed by atoms with Crippen molar-refractivity contribution in [3.63, 3.8) is 0 Å². The van der Waals surface area contributed by atoms with Gasteiger partial charge in [0.05, 0.1) is 24.5 Å². The molecule has 0 saturated carbocycles. The summed E-state index contributed by atoms with van der Waals surface area (Å²) < 4.78 is 18.4. The normalized spacial score (nSPS) is 14.0. The molecule has 10 heteroatoms. The molecule has 4 heterocycles. The number of halogens is 2.